The zero-order chi connectivity index (χ0) is 15.9. The van der Waals surface area contributed by atoms with Crippen LogP contribution in [0.4, 0.5) is 0 Å². The number of fused-ring (bicyclic) bond motifs is 1. The van der Waals surface area contributed by atoms with Gasteiger partial charge in [0.1, 0.15) is 0 Å². The molecule has 21 heavy (non-hydrogen) atoms. The lowest BCUT2D eigenvalue weighted by Crippen LogP contribution is -2.53. The largest absolute Gasteiger partial charge is 0.386 e. The average Bonchev–Trinajstić information content (AvgIpc) is 2.42. The van der Waals surface area contributed by atoms with Crippen molar-refractivity contribution in [3.63, 3.8) is 0 Å². The standard InChI is InChI=1S/C20H34O/c1-7-18(4,21)13-11-17-15(2)10-14-19(5)16(3)9-8-12-20(17,19)6/h7,16-17,21H,1-2,8-14H2,3-6H3/t16-,17-,18-,19+,20+/m1/s1. The lowest BCUT2D eigenvalue weighted by atomic mass is 9.43. The number of allylic oxidation sites excluding steroid dienone is 1. The third-order valence-electron chi connectivity index (χ3n) is 7.33. The highest BCUT2D eigenvalue weighted by molar-refractivity contribution is 5.18. The topological polar surface area (TPSA) is 20.2 Å². The summed E-state index contributed by atoms with van der Waals surface area (Å²) in [7, 11) is 0. The summed E-state index contributed by atoms with van der Waals surface area (Å²) in [6, 6.07) is 0. The fraction of sp³-hybridized carbons (Fsp3) is 0.800. The number of aliphatic hydroxyl groups is 1. The summed E-state index contributed by atoms with van der Waals surface area (Å²) in [6.07, 6.45) is 9.99. The molecule has 5 atom stereocenters. The van der Waals surface area contributed by atoms with Gasteiger partial charge in [0.2, 0.25) is 0 Å². The van der Waals surface area contributed by atoms with Gasteiger partial charge < -0.3 is 5.11 Å². The zero-order valence-corrected chi connectivity index (χ0v) is 14.5. The van der Waals surface area contributed by atoms with E-state index in [9.17, 15) is 5.11 Å². The van der Waals surface area contributed by atoms with Gasteiger partial charge in [0.25, 0.3) is 0 Å². The molecular formula is C20H34O. The van der Waals surface area contributed by atoms with Gasteiger partial charge in [-0.2, -0.15) is 0 Å². The van der Waals surface area contributed by atoms with Gasteiger partial charge in [0.15, 0.2) is 0 Å². The van der Waals surface area contributed by atoms with Crippen molar-refractivity contribution in [1.82, 2.24) is 0 Å². The van der Waals surface area contributed by atoms with Crippen LogP contribution in [0.3, 0.4) is 0 Å². The van der Waals surface area contributed by atoms with E-state index in [1.165, 1.54) is 31.3 Å². The molecule has 1 nitrogen and oxygen atoms in total. The monoisotopic (exact) mass is 290 g/mol. The molecule has 0 aromatic rings. The maximum absolute atomic E-state index is 10.3. The maximum atomic E-state index is 10.3. The molecule has 2 rings (SSSR count). The molecule has 0 unspecified atom stereocenters. The first-order valence-electron chi connectivity index (χ1n) is 8.70. The number of rotatable bonds is 4. The van der Waals surface area contributed by atoms with Gasteiger partial charge in [-0.15, -0.1) is 6.58 Å². The molecule has 2 saturated carbocycles. The van der Waals surface area contributed by atoms with E-state index in [1.54, 1.807) is 6.08 Å². The van der Waals surface area contributed by atoms with Crippen LogP contribution in [0.25, 0.3) is 0 Å². The predicted octanol–water partition coefficient (Wildman–Crippen LogP) is 5.50. The molecule has 0 saturated heterocycles. The predicted molar refractivity (Wildman–Crippen MR) is 91.1 cm³/mol. The summed E-state index contributed by atoms with van der Waals surface area (Å²) >= 11 is 0. The van der Waals surface area contributed by atoms with Crippen LogP contribution >= 0.6 is 0 Å². The second-order valence-corrected chi connectivity index (χ2v) is 8.44. The third-order valence-corrected chi connectivity index (χ3v) is 7.33. The Balaban J connectivity index is 2.25. The zero-order valence-electron chi connectivity index (χ0n) is 14.5. The van der Waals surface area contributed by atoms with Crippen LogP contribution in [-0.4, -0.2) is 10.7 Å². The first-order chi connectivity index (χ1) is 9.66. The molecule has 1 N–H and O–H groups in total. The van der Waals surface area contributed by atoms with Crippen LogP contribution in [-0.2, 0) is 0 Å². The van der Waals surface area contributed by atoms with Gasteiger partial charge in [0.05, 0.1) is 5.60 Å². The van der Waals surface area contributed by atoms with Crippen molar-refractivity contribution in [1.29, 1.82) is 0 Å². The summed E-state index contributed by atoms with van der Waals surface area (Å²) in [4.78, 5) is 0. The normalized spacial score (nSPS) is 43.0. The molecule has 1 heteroatoms. The SMILES string of the molecule is C=C[C@@](C)(O)CC[C@@H]1C(=C)CC[C@@]2(C)[C@H](C)CCC[C@@]12C. The molecule has 0 aromatic carbocycles. The molecule has 0 bridgehead atoms. The average molecular weight is 290 g/mol. The fourth-order valence-electron chi connectivity index (χ4n) is 5.15. The second-order valence-electron chi connectivity index (χ2n) is 8.44. The van der Waals surface area contributed by atoms with Crippen molar-refractivity contribution in [3.8, 4) is 0 Å². The minimum Gasteiger partial charge on any atom is -0.386 e. The van der Waals surface area contributed by atoms with Crippen LogP contribution in [0.2, 0.25) is 0 Å². The Labute approximate surface area is 131 Å². The van der Waals surface area contributed by atoms with Crippen molar-refractivity contribution in [3.05, 3.63) is 24.8 Å². The minimum absolute atomic E-state index is 0.344. The molecule has 0 spiro atoms. The second kappa shape index (κ2) is 5.57. The van der Waals surface area contributed by atoms with Crippen molar-refractivity contribution in [2.24, 2.45) is 22.7 Å². The van der Waals surface area contributed by atoms with Gasteiger partial charge in [-0.25, -0.2) is 0 Å². The summed E-state index contributed by atoms with van der Waals surface area (Å²) in [5, 5.41) is 10.3. The Morgan fingerprint density at radius 2 is 2.00 bits per heavy atom. The number of hydrogen-bond acceptors (Lipinski definition) is 1. The Morgan fingerprint density at radius 1 is 1.33 bits per heavy atom. The molecule has 2 aliphatic rings. The molecule has 0 aromatic heterocycles. The van der Waals surface area contributed by atoms with Gasteiger partial charge in [-0.05, 0) is 61.7 Å². The van der Waals surface area contributed by atoms with E-state index in [-0.39, 0.29) is 0 Å². The minimum atomic E-state index is -0.745. The van der Waals surface area contributed by atoms with Crippen LogP contribution in [0.5, 0.6) is 0 Å². The van der Waals surface area contributed by atoms with E-state index in [4.69, 9.17) is 0 Å². The lowest BCUT2D eigenvalue weighted by molar-refractivity contribution is -0.0930. The molecule has 0 amide bonds. The highest BCUT2D eigenvalue weighted by atomic mass is 16.3. The quantitative estimate of drug-likeness (QED) is 0.678. The lowest BCUT2D eigenvalue weighted by Gasteiger charge is -2.61. The Bertz CT molecular complexity index is 422. The number of hydrogen-bond donors (Lipinski definition) is 1. The fourth-order valence-corrected chi connectivity index (χ4v) is 5.15. The Morgan fingerprint density at radius 3 is 2.62 bits per heavy atom. The molecule has 0 radical (unpaired) electrons. The first-order valence-corrected chi connectivity index (χ1v) is 8.70. The van der Waals surface area contributed by atoms with Gasteiger partial charge >= 0.3 is 0 Å². The van der Waals surface area contributed by atoms with Crippen LogP contribution < -0.4 is 0 Å². The van der Waals surface area contributed by atoms with Crippen molar-refractivity contribution >= 4 is 0 Å². The van der Waals surface area contributed by atoms with Crippen LogP contribution in [0, 0.1) is 22.7 Å². The van der Waals surface area contributed by atoms with Crippen molar-refractivity contribution < 1.29 is 5.11 Å². The molecule has 2 fully saturated rings. The maximum Gasteiger partial charge on any atom is 0.0797 e. The van der Waals surface area contributed by atoms with E-state index in [1.807, 2.05) is 6.92 Å². The first kappa shape index (κ1) is 16.8. The van der Waals surface area contributed by atoms with E-state index < -0.39 is 5.60 Å². The van der Waals surface area contributed by atoms with Gasteiger partial charge in [0, 0.05) is 0 Å². The van der Waals surface area contributed by atoms with E-state index in [0.717, 1.165) is 25.2 Å². The van der Waals surface area contributed by atoms with E-state index in [0.29, 0.717) is 16.7 Å². The van der Waals surface area contributed by atoms with Crippen molar-refractivity contribution in [2.45, 2.75) is 78.2 Å². The summed E-state index contributed by atoms with van der Waals surface area (Å²) < 4.78 is 0. The van der Waals surface area contributed by atoms with Gasteiger partial charge in [-0.1, -0.05) is 51.8 Å². The summed E-state index contributed by atoms with van der Waals surface area (Å²) in [5.74, 6) is 1.34. The highest BCUT2D eigenvalue weighted by Gasteiger charge is 2.56. The molecule has 0 heterocycles. The van der Waals surface area contributed by atoms with Crippen LogP contribution in [0.15, 0.2) is 24.8 Å². The van der Waals surface area contributed by atoms with E-state index in [2.05, 4.69) is 33.9 Å². The Hall–Kier alpha value is -0.560. The Kier molecular flexibility index (Phi) is 4.46. The van der Waals surface area contributed by atoms with Gasteiger partial charge in [-0.3, -0.25) is 0 Å². The smallest absolute Gasteiger partial charge is 0.0797 e. The molecule has 0 aliphatic heterocycles. The van der Waals surface area contributed by atoms with E-state index >= 15 is 0 Å². The van der Waals surface area contributed by atoms with Crippen LogP contribution in [0.1, 0.15) is 72.6 Å². The van der Waals surface area contributed by atoms with Crippen molar-refractivity contribution in [2.75, 3.05) is 0 Å². The molecule has 2 aliphatic carbocycles. The summed E-state index contributed by atoms with van der Waals surface area (Å²) in [6.45, 7) is 17.5. The summed E-state index contributed by atoms with van der Waals surface area (Å²) in [5.41, 5.74) is 1.45. The molecular weight excluding hydrogens is 256 g/mol. The third kappa shape index (κ3) is 2.74. The highest BCUT2D eigenvalue weighted by Crippen LogP contribution is 2.65. The molecule has 120 valence electrons.